The molecule has 0 radical (unpaired) electrons. The maximum atomic E-state index is 14.0. The number of amides is 3. The lowest BCUT2D eigenvalue weighted by Crippen LogP contribution is -2.48. The second kappa shape index (κ2) is 8.55. The lowest BCUT2D eigenvalue weighted by Gasteiger charge is -2.29. The molecule has 0 aliphatic carbocycles. The molecule has 0 saturated heterocycles. The Morgan fingerprint density at radius 2 is 1.85 bits per heavy atom. The average Bonchev–Trinajstić information content (AvgIpc) is 3.22. The minimum absolute atomic E-state index is 0.0696. The van der Waals surface area contributed by atoms with Crippen molar-refractivity contribution in [2.75, 3.05) is 4.90 Å². The number of para-hydroxylation sites is 1. The summed E-state index contributed by atoms with van der Waals surface area (Å²) in [5, 5.41) is 8.32. The number of aryl methyl sites for hydroxylation is 1. The van der Waals surface area contributed by atoms with Gasteiger partial charge in [-0.2, -0.15) is 5.01 Å². The van der Waals surface area contributed by atoms with E-state index in [2.05, 4.69) is 10.4 Å². The van der Waals surface area contributed by atoms with Crippen LogP contribution in [0.4, 0.5) is 5.69 Å². The minimum atomic E-state index is -1.40. The van der Waals surface area contributed by atoms with Gasteiger partial charge in [-0.3, -0.25) is 14.4 Å². The highest BCUT2D eigenvalue weighted by Crippen LogP contribution is 2.55. The Morgan fingerprint density at radius 1 is 1.15 bits per heavy atom. The van der Waals surface area contributed by atoms with Gasteiger partial charge in [0.05, 0.1) is 18.3 Å². The molecule has 9 heteroatoms. The standard InChI is InChI=1S/C24H26N4O4S/c1-14(2)32-19-11-9-18(10-12-19)13-27-21-15(3)7-6-8-20(21)24(22(27)31)28(17(5)30)26-23(33-24)25-16(4)29/h6-12,14H,13H2,1-5H3,(H,25,26,29)/t24-/m1/s1. The summed E-state index contributed by atoms with van der Waals surface area (Å²) < 4.78 is 5.72. The van der Waals surface area contributed by atoms with E-state index in [1.807, 2.05) is 63.2 Å². The molecule has 2 aromatic rings. The van der Waals surface area contributed by atoms with Crippen LogP contribution in [0.25, 0.3) is 0 Å². The average molecular weight is 467 g/mol. The van der Waals surface area contributed by atoms with E-state index in [4.69, 9.17) is 4.74 Å². The number of thioether (sulfide) groups is 1. The van der Waals surface area contributed by atoms with Crippen LogP contribution in [-0.4, -0.2) is 34.0 Å². The van der Waals surface area contributed by atoms with E-state index in [0.29, 0.717) is 12.1 Å². The molecule has 0 bridgehead atoms. The van der Waals surface area contributed by atoms with Gasteiger partial charge < -0.3 is 15.0 Å². The summed E-state index contributed by atoms with van der Waals surface area (Å²) in [7, 11) is 0. The molecule has 3 amide bonds. The third-order valence-corrected chi connectivity index (χ3v) is 6.60. The molecule has 2 heterocycles. The SMILES string of the molecule is CC(=O)NC1=NN(C(C)=O)[C@]2(S1)C(=O)N(Cc1ccc(OC(C)C)cc1)c1c(C)cccc12. The third kappa shape index (κ3) is 3.97. The summed E-state index contributed by atoms with van der Waals surface area (Å²) in [5.74, 6) is -0.228. The summed E-state index contributed by atoms with van der Waals surface area (Å²) in [4.78, 5) is 38.5. The second-order valence-corrected chi connectivity index (χ2v) is 9.52. The van der Waals surface area contributed by atoms with Gasteiger partial charge in [-0.15, -0.1) is 5.10 Å². The normalized spacial score (nSPS) is 19.2. The van der Waals surface area contributed by atoms with Crippen molar-refractivity contribution in [3.8, 4) is 5.75 Å². The first-order valence-corrected chi connectivity index (χ1v) is 11.5. The van der Waals surface area contributed by atoms with Gasteiger partial charge >= 0.3 is 0 Å². The van der Waals surface area contributed by atoms with Crippen molar-refractivity contribution < 1.29 is 19.1 Å². The van der Waals surface area contributed by atoms with E-state index < -0.39 is 4.87 Å². The fourth-order valence-corrected chi connectivity index (χ4v) is 5.46. The van der Waals surface area contributed by atoms with E-state index in [1.165, 1.54) is 18.9 Å². The van der Waals surface area contributed by atoms with Gasteiger partial charge in [-0.25, -0.2) is 0 Å². The van der Waals surface area contributed by atoms with E-state index in [1.54, 1.807) is 4.90 Å². The first-order chi connectivity index (χ1) is 15.6. The predicted octanol–water partition coefficient (Wildman–Crippen LogP) is 3.48. The largest absolute Gasteiger partial charge is 0.491 e. The zero-order valence-corrected chi connectivity index (χ0v) is 20.0. The number of hydrogen-bond donors (Lipinski definition) is 1. The Balaban J connectivity index is 1.74. The summed E-state index contributed by atoms with van der Waals surface area (Å²) in [5.41, 5.74) is 3.26. The zero-order valence-electron chi connectivity index (χ0n) is 19.2. The summed E-state index contributed by atoms with van der Waals surface area (Å²) in [6.45, 7) is 8.91. The molecule has 33 heavy (non-hydrogen) atoms. The van der Waals surface area contributed by atoms with Crippen LogP contribution in [0.1, 0.15) is 44.4 Å². The number of benzene rings is 2. The number of hydrogen-bond acceptors (Lipinski definition) is 6. The molecule has 1 spiro atoms. The number of hydrazone groups is 1. The van der Waals surface area contributed by atoms with Crippen LogP contribution >= 0.6 is 11.8 Å². The smallest absolute Gasteiger partial charge is 0.271 e. The van der Waals surface area contributed by atoms with E-state index in [-0.39, 0.29) is 29.0 Å². The first kappa shape index (κ1) is 22.8. The first-order valence-electron chi connectivity index (χ1n) is 10.7. The van der Waals surface area contributed by atoms with Gasteiger partial charge in [-0.05, 0) is 55.8 Å². The second-order valence-electron chi connectivity index (χ2n) is 8.34. The Kier molecular flexibility index (Phi) is 5.92. The van der Waals surface area contributed by atoms with E-state index in [9.17, 15) is 14.4 Å². The number of fused-ring (bicyclic) bond motifs is 2. The van der Waals surface area contributed by atoms with Crippen LogP contribution < -0.4 is 15.0 Å². The minimum Gasteiger partial charge on any atom is -0.491 e. The van der Waals surface area contributed by atoms with Gasteiger partial charge in [-0.1, -0.05) is 30.3 Å². The molecule has 2 aromatic carbocycles. The van der Waals surface area contributed by atoms with E-state index >= 15 is 0 Å². The van der Waals surface area contributed by atoms with Crippen LogP contribution in [-0.2, 0) is 25.8 Å². The number of nitrogens with one attached hydrogen (secondary N) is 1. The van der Waals surface area contributed by atoms with E-state index in [0.717, 1.165) is 34.3 Å². The lowest BCUT2D eigenvalue weighted by atomic mass is 10.0. The maximum absolute atomic E-state index is 14.0. The highest BCUT2D eigenvalue weighted by atomic mass is 32.2. The topological polar surface area (TPSA) is 91.3 Å². The number of nitrogens with zero attached hydrogens (tertiary/aromatic N) is 3. The van der Waals surface area contributed by atoms with Crippen molar-refractivity contribution in [1.29, 1.82) is 0 Å². The molecule has 2 aliphatic rings. The Morgan fingerprint density at radius 3 is 2.45 bits per heavy atom. The fraction of sp³-hybridized carbons (Fsp3) is 0.333. The molecule has 8 nitrogen and oxygen atoms in total. The Hall–Kier alpha value is -3.33. The van der Waals surface area contributed by atoms with Gasteiger partial charge in [0, 0.05) is 19.4 Å². The van der Waals surface area contributed by atoms with Gasteiger partial charge in [0.2, 0.25) is 16.7 Å². The van der Waals surface area contributed by atoms with Crippen molar-refractivity contribution in [2.24, 2.45) is 5.10 Å². The van der Waals surface area contributed by atoms with Crippen LogP contribution in [0.15, 0.2) is 47.6 Å². The quantitative estimate of drug-likeness (QED) is 0.745. The highest BCUT2D eigenvalue weighted by Gasteiger charge is 2.61. The third-order valence-electron chi connectivity index (χ3n) is 5.36. The number of ether oxygens (including phenoxy) is 1. The van der Waals surface area contributed by atoms with Crippen molar-refractivity contribution in [3.63, 3.8) is 0 Å². The van der Waals surface area contributed by atoms with Crippen LogP contribution in [0.5, 0.6) is 5.75 Å². The van der Waals surface area contributed by atoms with Crippen molar-refractivity contribution in [1.82, 2.24) is 10.3 Å². The monoisotopic (exact) mass is 466 g/mol. The summed E-state index contributed by atoms with van der Waals surface area (Å²) in [6.07, 6.45) is 0.0696. The molecule has 1 N–H and O–H groups in total. The molecule has 4 rings (SSSR count). The van der Waals surface area contributed by atoms with Gasteiger partial charge in [0.1, 0.15) is 5.75 Å². The summed E-state index contributed by atoms with van der Waals surface area (Å²) >= 11 is 1.08. The lowest BCUT2D eigenvalue weighted by molar-refractivity contribution is -0.139. The highest BCUT2D eigenvalue weighted by molar-refractivity contribution is 8.15. The number of carbonyl (C=O) groups is 3. The molecule has 0 fully saturated rings. The molecule has 1 atom stereocenters. The number of amidine groups is 1. The molecule has 0 aromatic heterocycles. The van der Waals surface area contributed by atoms with Crippen LogP contribution in [0.2, 0.25) is 0 Å². The van der Waals surface area contributed by atoms with Crippen molar-refractivity contribution in [3.05, 3.63) is 59.2 Å². The number of carbonyl (C=O) groups excluding carboxylic acids is 3. The summed E-state index contributed by atoms with van der Waals surface area (Å²) in [6, 6.07) is 13.3. The predicted molar refractivity (Wildman–Crippen MR) is 128 cm³/mol. The Bertz CT molecular complexity index is 1160. The molecular formula is C24H26N4O4S. The van der Waals surface area contributed by atoms with Crippen LogP contribution in [0, 0.1) is 6.92 Å². The van der Waals surface area contributed by atoms with Crippen molar-refractivity contribution >= 4 is 40.3 Å². The molecular weight excluding hydrogens is 440 g/mol. The van der Waals surface area contributed by atoms with Gasteiger partial charge in [0.15, 0.2) is 5.17 Å². The van der Waals surface area contributed by atoms with Gasteiger partial charge in [0.25, 0.3) is 5.91 Å². The number of rotatable bonds is 4. The van der Waals surface area contributed by atoms with Crippen LogP contribution in [0.3, 0.4) is 0 Å². The molecule has 172 valence electrons. The maximum Gasteiger partial charge on any atom is 0.271 e. The molecule has 2 aliphatic heterocycles. The zero-order chi connectivity index (χ0) is 23.9. The molecule has 0 saturated carbocycles. The number of anilines is 1. The fourth-order valence-electron chi connectivity index (χ4n) is 4.13. The molecule has 0 unspecified atom stereocenters. The Labute approximate surface area is 197 Å². The van der Waals surface area contributed by atoms with Crippen molar-refractivity contribution in [2.45, 2.75) is 52.1 Å².